The fourth-order valence-corrected chi connectivity index (χ4v) is 3.76. The molecule has 1 nitrogen and oxygen atoms in total. The summed E-state index contributed by atoms with van der Waals surface area (Å²) >= 11 is 0. The molecule has 0 atom stereocenters. The maximum atomic E-state index is 2.73. The largest absolute Gasteiger partial charge is 0.303 e. The molecule has 138 valence electrons. The third kappa shape index (κ3) is 12.0. The van der Waals surface area contributed by atoms with E-state index in [4.69, 9.17) is 0 Å². The van der Waals surface area contributed by atoms with Crippen molar-refractivity contribution in [3.63, 3.8) is 0 Å². The number of nitrogens with zero attached hydrogens (tertiary/aromatic N) is 1. The van der Waals surface area contributed by atoms with Gasteiger partial charge in [-0.2, -0.15) is 0 Å². The Hall–Kier alpha value is -0.0400. The van der Waals surface area contributed by atoms with Crippen LogP contribution >= 0.6 is 0 Å². The van der Waals surface area contributed by atoms with Crippen LogP contribution in [0.15, 0.2) is 0 Å². The second-order valence-electron chi connectivity index (χ2n) is 10.5. The highest BCUT2D eigenvalue weighted by Crippen LogP contribution is 2.27. The number of unbranched alkanes of at least 4 members (excludes halogenated alkanes) is 3. The SMILES string of the molecule is CC(C)(C)CCCCCCN1CCC(CCCC(C)(C)C)CC1. The second kappa shape index (κ2) is 10.1. The fraction of sp³-hybridized carbons (Fsp3) is 1.00. The first-order valence-corrected chi connectivity index (χ1v) is 10.4. The molecule has 1 rings (SSSR count). The van der Waals surface area contributed by atoms with Gasteiger partial charge in [0.05, 0.1) is 0 Å². The first kappa shape index (κ1) is 21.0. The lowest BCUT2D eigenvalue weighted by atomic mass is 9.85. The van der Waals surface area contributed by atoms with Crippen molar-refractivity contribution >= 4 is 0 Å². The van der Waals surface area contributed by atoms with Gasteiger partial charge in [-0.15, -0.1) is 0 Å². The summed E-state index contributed by atoms with van der Waals surface area (Å²) in [6, 6.07) is 0. The molecule has 1 heterocycles. The third-order valence-corrected chi connectivity index (χ3v) is 5.40. The van der Waals surface area contributed by atoms with Crippen molar-refractivity contribution in [1.82, 2.24) is 4.90 Å². The smallest absolute Gasteiger partial charge is 0.00161 e. The molecular weight excluding hydrogens is 278 g/mol. The zero-order valence-corrected chi connectivity index (χ0v) is 17.2. The third-order valence-electron chi connectivity index (χ3n) is 5.40. The van der Waals surface area contributed by atoms with Crippen LogP contribution in [0.3, 0.4) is 0 Å². The summed E-state index contributed by atoms with van der Waals surface area (Å²) in [5.41, 5.74) is 1.04. The van der Waals surface area contributed by atoms with Crippen LogP contribution in [0.1, 0.15) is 106 Å². The zero-order valence-electron chi connectivity index (χ0n) is 17.2. The van der Waals surface area contributed by atoms with Gasteiger partial charge in [0.15, 0.2) is 0 Å². The van der Waals surface area contributed by atoms with Crippen molar-refractivity contribution < 1.29 is 0 Å². The predicted octanol–water partition coefficient (Wildman–Crippen LogP) is 6.91. The highest BCUT2D eigenvalue weighted by molar-refractivity contribution is 4.73. The van der Waals surface area contributed by atoms with Gasteiger partial charge in [-0.05, 0) is 68.5 Å². The van der Waals surface area contributed by atoms with Crippen LogP contribution in [0.4, 0.5) is 0 Å². The Morgan fingerprint density at radius 2 is 1.22 bits per heavy atom. The molecule has 0 amide bonds. The summed E-state index contributed by atoms with van der Waals surface area (Å²) in [5, 5.41) is 0. The van der Waals surface area contributed by atoms with Crippen LogP contribution in [0.5, 0.6) is 0 Å². The van der Waals surface area contributed by atoms with Gasteiger partial charge in [0, 0.05) is 0 Å². The van der Waals surface area contributed by atoms with Crippen LogP contribution in [0, 0.1) is 16.7 Å². The maximum Gasteiger partial charge on any atom is -0.00161 e. The summed E-state index contributed by atoms with van der Waals surface area (Å²) < 4.78 is 0. The zero-order chi connectivity index (χ0) is 17.3. The Kier molecular flexibility index (Phi) is 9.19. The van der Waals surface area contributed by atoms with E-state index in [9.17, 15) is 0 Å². The first-order valence-electron chi connectivity index (χ1n) is 10.4. The molecule has 0 N–H and O–H groups in total. The van der Waals surface area contributed by atoms with Crippen LogP contribution < -0.4 is 0 Å². The van der Waals surface area contributed by atoms with Crippen molar-refractivity contribution in [2.45, 2.75) is 106 Å². The van der Waals surface area contributed by atoms with Gasteiger partial charge in [-0.1, -0.05) is 73.6 Å². The quantitative estimate of drug-likeness (QED) is 0.417. The van der Waals surface area contributed by atoms with E-state index in [1.807, 2.05) is 0 Å². The van der Waals surface area contributed by atoms with Crippen LogP contribution in [0.25, 0.3) is 0 Å². The summed E-state index contributed by atoms with van der Waals surface area (Å²) in [6.07, 6.45) is 14.3. The van der Waals surface area contributed by atoms with E-state index >= 15 is 0 Å². The van der Waals surface area contributed by atoms with E-state index in [1.165, 1.54) is 83.8 Å². The normalized spacial score (nSPS) is 18.5. The lowest BCUT2D eigenvalue weighted by Gasteiger charge is -2.32. The molecule has 23 heavy (non-hydrogen) atoms. The van der Waals surface area contributed by atoms with E-state index in [-0.39, 0.29) is 0 Å². The number of hydrogen-bond acceptors (Lipinski definition) is 1. The highest BCUT2D eigenvalue weighted by atomic mass is 15.1. The predicted molar refractivity (Wildman–Crippen MR) is 105 cm³/mol. The molecule has 1 saturated heterocycles. The van der Waals surface area contributed by atoms with Gasteiger partial charge in [0.2, 0.25) is 0 Å². The van der Waals surface area contributed by atoms with E-state index in [2.05, 4.69) is 46.4 Å². The van der Waals surface area contributed by atoms with Gasteiger partial charge in [0.1, 0.15) is 0 Å². The maximum absolute atomic E-state index is 2.73. The first-order chi connectivity index (χ1) is 10.7. The molecular formula is C22H45N. The van der Waals surface area contributed by atoms with Crippen molar-refractivity contribution in [1.29, 1.82) is 0 Å². The van der Waals surface area contributed by atoms with Gasteiger partial charge in [0.25, 0.3) is 0 Å². The summed E-state index contributed by atoms with van der Waals surface area (Å²) in [4.78, 5) is 2.73. The molecule has 1 aliphatic rings. The number of likely N-dealkylation sites (tertiary alicyclic amines) is 1. The summed E-state index contributed by atoms with van der Waals surface area (Å²) in [6.45, 7) is 18.3. The highest BCUT2D eigenvalue weighted by Gasteiger charge is 2.19. The molecule has 1 heteroatoms. The molecule has 0 aromatic carbocycles. The van der Waals surface area contributed by atoms with E-state index in [1.54, 1.807) is 0 Å². The molecule has 0 radical (unpaired) electrons. The molecule has 0 saturated carbocycles. The minimum atomic E-state index is 0.522. The Morgan fingerprint density at radius 3 is 1.78 bits per heavy atom. The number of rotatable bonds is 9. The molecule has 1 fully saturated rings. The molecule has 1 aliphatic heterocycles. The van der Waals surface area contributed by atoms with Crippen molar-refractivity contribution in [2.75, 3.05) is 19.6 Å². The average Bonchev–Trinajstić information content (AvgIpc) is 2.42. The standard InChI is InChI=1S/C22H45N/c1-21(2,3)15-9-7-8-10-17-23-18-13-20(14-19-23)12-11-16-22(4,5)6/h20H,7-19H2,1-6H3. The van der Waals surface area contributed by atoms with Crippen molar-refractivity contribution in [3.8, 4) is 0 Å². The van der Waals surface area contributed by atoms with E-state index < -0.39 is 0 Å². The van der Waals surface area contributed by atoms with Crippen LogP contribution in [0.2, 0.25) is 0 Å². The average molecular weight is 324 g/mol. The van der Waals surface area contributed by atoms with E-state index in [0.29, 0.717) is 10.8 Å². The number of piperidine rings is 1. The molecule has 0 aliphatic carbocycles. The fourth-order valence-electron chi connectivity index (χ4n) is 3.76. The molecule has 0 aromatic heterocycles. The Labute approximate surface area is 147 Å². The van der Waals surface area contributed by atoms with Crippen LogP contribution in [-0.4, -0.2) is 24.5 Å². The Bertz CT molecular complexity index is 283. The molecule has 0 aromatic rings. The Morgan fingerprint density at radius 1 is 0.696 bits per heavy atom. The van der Waals surface area contributed by atoms with E-state index in [0.717, 1.165) is 5.92 Å². The second-order valence-corrected chi connectivity index (χ2v) is 10.5. The minimum Gasteiger partial charge on any atom is -0.303 e. The molecule has 0 unspecified atom stereocenters. The van der Waals surface area contributed by atoms with Crippen molar-refractivity contribution in [2.24, 2.45) is 16.7 Å². The van der Waals surface area contributed by atoms with Gasteiger partial charge in [-0.3, -0.25) is 0 Å². The molecule has 0 bridgehead atoms. The summed E-state index contributed by atoms with van der Waals surface area (Å²) in [5.74, 6) is 1.01. The monoisotopic (exact) mass is 323 g/mol. The minimum absolute atomic E-state index is 0.522. The van der Waals surface area contributed by atoms with Gasteiger partial charge >= 0.3 is 0 Å². The topological polar surface area (TPSA) is 3.24 Å². The van der Waals surface area contributed by atoms with Gasteiger partial charge < -0.3 is 4.90 Å². The van der Waals surface area contributed by atoms with Crippen LogP contribution in [-0.2, 0) is 0 Å². The lowest BCUT2D eigenvalue weighted by Crippen LogP contribution is -2.34. The van der Waals surface area contributed by atoms with Crippen molar-refractivity contribution in [3.05, 3.63) is 0 Å². The van der Waals surface area contributed by atoms with Gasteiger partial charge in [-0.25, -0.2) is 0 Å². The molecule has 0 spiro atoms. The Balaban J connectivity index is 1.98. The number of hydrogen-bond donors (Lipinski definition) is 0. The summed E-state index contributed by atoms with van der Waals surface area (Å²) in [7, 11) is 0. The lowest BCUT2D eigenvalue weighted by molar-refractivity contribution is 0.171.